The quantitative estimate of drug-likeness (QED) is 0.851. The summed E-state index contributed by atoms with van der Waals surface area (Å²) in [6.07, 6.45) is 8.09. The van der Waals surface area contributed by atoms with E-state index in [1.54, 1.807) is 17.0 Å². The number of rotatable bonds is 3. The molecule has 1 aliphatic heterocycles. The first kappa shape index (κ1) is 16.9. The molecule has 3 atom stereocenters. The average Bonchev–Trinajstić information content (AvgIpc) is 2.91. The normalized spacial score (nSPS) is 26.4. The third-order valence-electron chi connectivity index (χ3n) is 6.01. The summed E-state index contributed by atoms with van der Waals surface area (Å²) < 4.78 is 18.6. The number of hydrogen-bond donors (Lipinski definition) is 1. The van der Waals surface area contributed by atoms with Crippen LogP contribution in [0, 0.1) is 16.5 Å². The highest BCUT2D eigenvalue weighted by molar-refractivity contribution is 7.71. The van der Waals surface area contributed by atoms with Gasteiger partial charge >= 0.3 is 0 Å². The lowest BCUT2D eigenvalue weighted by molar-refractivity contribution is -0.958. The van der Waals surface area contributed by atoms with Gasteiger partial charge in [0.1, 0.15) is 5.82 Å². The van der Waals surface area contributed by atoms with E-state index in [0.29, 0.717) is 16.2 Å². The Kier molecular flexibility index (Phi) is 4.73. The first-order valence-corrected chi connectivity index (χ1v) is 9.79. The minimum absolute atomic E-state index is 0.254. The molecule has 2 heterocycles. The van der Waals surface area contributed by atoms with Crippen molar-refractivity contribution < 1.29 is 9.29 Å². The molecule has 2 aromatic rings. The van der Waals surface area contributed by atoms with Gasteiger partial charge in [-0.1, -0.05) is 18.6 Å². The molecule has 0 spiro atoms. The predicted molar refractivity (Wildman–Crippen MR) is 98.2 cm³/mol. The maximum absolute atomic E-state index is 14.2. The van der Waals surface area contributed by atoms with Crippen LogP contribution in [0.4, 0.5) is 4.39 Å². The summed E-state index contributed by atoms with van der Waals surface area (Å²) in [6, 6.07) is 7.51. The van der Waals surface area contributed by atoms with E-state index in [2.05, 4.69) is 5.10 Å². The zero-order chi connectivity index (χ0) is 17.4. The molecular weight excluding hydrogens is 335 g/mol. The van der Waals surface area contributed by atoms with Crippen LogP contribution in [0.25, 0.3) is 11.4 Å². The van der Waals surface area contributed by atoms with Gasteiger partial charge in [0.25, 0.3) is 0 Å². The lowest BCUT2D eigenvalue weighted by atomic mass is 9.78. The minimum Gasteiger partial charge on any atom is -0.314 e. The maximum atomic E-state index is 14.2. The molecule has 1 aromatic carbocycles. The molecule has 0 radical (unpaired) electrons. The van der Waals surface area contributed by atoms with Crippen LogP contribution in [-0.2, 0) is 13.7 Å². The second-order valence-electron chi connectivity index (χ2n) is 7.50. The molecule has 1 unspecified atom stereocenters. The molecule has 4 rings (SSSR count). The van der Waals surface area contributed by atoms with Crippen molar-refractivity contribution in [1.29, 1.82) is 0 Å². The van der Waals surface area contributed by atoms with Crippen molar-refractivity contribution in [2.24, 2.45) is 13.0 Å². The van der Waals surface area contributed by atoms with Gasteiger partial charge in [-0.25, -0.2) is 4.39 Å². The van der Waals surface area contributed by atoms with E-state index in [1.165, 1.54) is 51.1 Å². The fourth-order valence-corrected chi connectivity index (χ4v) is 4.92. The molecule has 134 valence electrons. The Balaban J connectivity index is 1.62. The molecule has 6 heteroatoms. The van der Waals surface area contributed by atoms with Crippen molar-refractivity contribution in [3.05, 3.63) is 34.9 Å². The molecule has 1 saturated heterocycles. The molecule has 2 fully saturated rings. The van der Waals surface area contributed by atoms with Gasteiger partial charge in [0, 0.05) is 13.0 Å². The van der Waals surface area contributed by atoms with Crippen molar-refractivity contribution in [1.82, 2.24) is 14.3 Å². The summed E-state index contributed by atoms with van der Waals surface area (Å²) in [5.41, 5.74) is 0.513. The fraction of sp³-hybridized carbons (Fsp3) is 0.579. The summed E-state index contributed by atoms with van der Waals surface area (Å²) in [5, 5.41) is 4.69. The minimum atomic E-state index is -0.254. The van der Waals surface area contributed by atoms with Gasteiger partial charge in [-0.15, -0.1) is 5.10 Å². The molecule has 2 aliphatic rings. The summed E-state index contributed by atoms with van der Waals surface area (Å²) in [5.74, 6) is 1.22. The fourth-order valence-electron chi connectivity index (χ4n) is 4.72. The number of fused-ring (bicyclic) bond motifs is 1. The van der Waals surface area contributed by atoms with Crippen molar-refractivity contribution in [3.63, 3.8) is 0 Å². The number of likely N-dealkylation sites (tertiary alicyclic amines) is 1. The number of aromatic nitrogens is 3. The van der Waals surface area contributed by atoms with E-state index < -0.39 is 0 Å². The second kappa shape index (κ2) is 7.00. The van der Waals surface area contributed by atoms with Gasteiger partial charge in [0.05, 0.1) is 18.2 Å². The van der Waals surface area contributed by atoms with Crippen LogP contribution in [0.2, 0.25) is 0 Å². The van der Waals surface area contributed by atoms with Gasteiger partial charge in [-0.2, -0.15) is 4.68 Å². The van der Waals surface area contributed by atoms with Gasteiger partial charge in [0.15, 0.2) is 12.5 Å². The largest absolute Gasteiger partial charge is 0.314 e. The number of benzene rings is 1. The molecule has 4 nitrogen and oxygen atoms in total. The summed E-state index contributed by atoms with van der Waals surface area (Å²) in [4.78, 5) is 1.60. The molecule has 0 bridgehead atoms. The van der Waals surface area contributed by atoms with Crippen molar-refractivity contribution in [2.75, 3.05) is 6.54 Å². The van der Waals surface area contributed by atoms with Crippen LogP contribution in [0.1, 0.15) is 38.5 Å². The third kappa shape index (κ3) is 3.17. The Labute approximate surface area is 153 Å². The SMILES string of the molecule is Cn1c(-c2ccccc2F)nn(C[NH+]2CCC[C@@H]3CCCC[C@@H]32)c1=S. The zero-order valence-electron chi connectivity index (χ0n) is 14.7. The number of nitrogens with one attached hydrogen (secondary N) is 1. The highest BCUT2D eigenvalue weighted by atomic mass is 32.1. The Morgan fingerprint density at radius 3 is 2.80 bits per heavy atom. The number of quaternary nitrogens is 1. The van der Waals surface area contributed by atoms with E-state index >= 15 is 0 Å². The smallest absolute Gasteiger partial charge is 0.202 e. The number of halogens is 1. The van der Waals surface area contributed by atoms with Gasteiger partial charge in [0.2, 0.25) is 4.77 Å². The lowest BCUT2D eigenvalue weighted by Crippen LogP contribution is -3.17. The molecule has 0 amide bonds. The van der Waals surface area contributed by atoms with Crippen LogP contribution in [0.15, 0.2) is 24.3 Å². The van der Waals surface area contributed by atoms with Gasteiger partial charge in [-0.3, -0.25) is 0 Å². The monoisotopic (exact) mass is 361 g/mol. The van der Waals surface area contributed by atoms with E-state index in [9.17, 15) is 4.39 Å². The first-order chi connectivity index (χ1) is 12.1. The summed E-state index contributed by atoms with van der Waals surface area (Å²) >= 11 is 5.60. The van der Waals surface area contributed by atoms with Crippen molar-refractivity contribution in [3.8, 4) is 11.4 Å². The van der Waals surface area contributed by atoms with Crippen molar-refractivity contribution >= 4 is 12.2 Å². The molecular formula is C19H26FN4S+. The zero-order valence-corrected chi connectivity index (χ0v) is 15.6. The maximum Gasteiger partial charge on any atom is 0.202 e. The van der Waals surface area contributed by atoms with Crippen LogP contribution in [0.5, 0.6) is 0 Å². The van der Waals surface area contributed by atoms with E-state index in [0.717, 1.165) is 18.6 Å². The van der Waals surface area contributed by atoms with E-state index in [-0.39, 0.29) is 5.82 Å². The van der Waals surface area contributed by atoms with Crippen LogP contribution in [-0.4, -0.2) is 26.9 Å². The van der Waals surface area contributed by atoms with E-state index in [4.69, 9.17) is 12.2 Å². The molecule has 1 N–H and O–H groups in total. The third-order valence-corrected chi connectivity index (χ3v) is 6.50. The Bertz CT molecular complexity index is 810. The van der Waals surface area contributed by atoms with Crippen molar-refractivity contribution in [2.45, 2.75) is 51.2 Å². The van der Waals surface area contributed by atoms with Crippen LogP contribution in [0.3, 0.4) is 0 Å². The number of nitrogens with zero attached hydrogens (tertiary/aromatic N) is 3. The Morgan fingerprint density at radius 1 is 1.20 bits per heavy atom. The average molecular weight is 362 g/mol. The number of piperidine rings is 1. The summed E-state index contributed by atoms with van der Waals surface area (Å²) in [6.45, 7) is 1.98. The summed E-state index contributed by atoms with van der Waals surface area (Å²) in [7, 11) is 1.88. The lowest BCUT2D eigenvalue weighted by Gasteiger charge is -2.40. The highest BCUT2D eigenvalue weighted by Crippen LogP contribution is 2.28. The van der Waals surface area contributed by atoms with Crippen LogP contribution < -0.4 is 4.90 Å². The Hall–Kier alpha value is -1.53. The molecule has 1 saturated carbocycles. The first-order valence-electron chi connectivity index (χ1n) is 9.38. The topological polar surface area (TPSA) is 27.2 Å². The number of hydrogen-bond acceptors (Lipinski definition) is 2. The van der Waals surface area contributed by atoms with Crippen LogP contribution >= 0.6 is 12.2 Å². The van der Waals surface area contributed by atoms with Gasteiger partial charge < -0.3 is 9.47 Å². The molecule has 1 aliphatic carbocycles. The molecule has 1 aromatic heterocycles. The standard InChI is InChI=1S/C19H25FN4S/c1-22-18(15-9-3-4-10-16(15)20)21-24(19(22)25)13-23-12-6-8-14-7-2-5-11-17(14)23/h3-4,9-10,14,17H,2,5-8,11-13H2,1H3/p+1/t14-,17-/m0/s1. The molecule has 25 heavy (non-hydrogen) atoms. The van der Waals surface area contributed by atoms with Gasteiger partial charge in [-0.05, 0) is 56.5 Å². The second-order valence-corrected chi connectivity index (χ2v) is 7.87. The highest BCUT2D eigenvalue weighted by Gasteiger charge is 2.36. The Morgan fingerprint density at radius 2 is 1.96 bits per heavy atom. The van der Waals surface area contributed by atoms with E-state index in [1.807, 2.05) is 22.4 Å². The predicted octanol–water partition coefficient (Wildman–Crippen LogP) is 2.95.